The molecule has 1 aliphatic rings. The average Bonchev–Trinajstić information content (AvgIpc) is 3.21. The van der Waals surface area contributed by atoms with E-state index < -0.39 is 0 Å². The SMILES string of the molecule is COc1ccc(C2c3ccsc3CCN2C(=O)CCc2ccccc2)cc1. The van der Waals surface area contributed by atoms with Crippen LogP contribution in [0.25, 0.3) is 0 Å². The van der Waals surface area contributed by atoms with E-state index in [2.05, 4.69) is 40.6 Å². The molecule has 27 heavy (non-hydrogen) atoms. The van der Waals surface area contributed by atoms with Crippen LogP contribution in [0.1, 0.15) is 34.0 Å². The molecule has 0 fully saturated rings. The summed E-state index contributed by atoms with van der Waals surface area (Å²) in [6, 6.07) is 20.5. The van der Waals surface area contributed by atoms with Gasteiger partial charge in [0.05, 0.1) is 13.2 Å². The number of amides is 1. The summed E-state index contributed by atoms with van der Waals surface area (Å²) in [6.07, 6.45) is 2.26. The van der Waals surface area contributed by atoms with E-state index in [0.717, 1.165) is 30.7 Å². The van der Waals surface area contributed by atoms with Crippen LogP contribution < -0.4 is 4.74 Å². The normalized spacial score (nSPS) is 16.0. The predicted molar refractivity (Wildman–Crippen MR) is 109 cm³/mol. The largest absolute Gasteiger partial charge is 0.497 e. The smallest absolute Gasteiger partial charge is 0.223 e. The van der Waals surface area contributed by atoms with Crippen LogP contribution in [0.4, 0.5) is 0 Å². The third-order valence-corrected chi connectivity index (χ3v) is 6.18. The van der Waals surface area contributed by atoms with Crippen LogP contribution in [-0.2, 0) is 17.6 Å². The van der Waals surface area contributed by atoms with Gasteiger partial charge >= 0.3 is 0 Å². The van der Waals surface area contributed by atoms with E-state index >= 15 is 0 Å². The number of hydrogen-bond acceptors (Lipinski definition) is 3. The highest BCUT2D eigenvalue weighted by atomic mass is 32.1. The second kappa shape index (κ2) is 7.97. The first-order valence-corrected chi connectivity index (χ1v) is 10.2. The molecule has 4 heteroatoms. The maximum atomic E-state index is 13.1. The second-order valence-electron chi connectivity index (χ2n) is 6.80. The van der Waals surface area contributed by atoms with Crippen molar-refractivity contribution >= 4 is 17.2 Å². The fourth-order valence-corrected chi connectivity index (χ4v) is 4.67. The van der Waals surface area contributed by atoms with Gasteiger partial charge in [0.2, 0.25) is 5.91 Å². The highest BCUT2D eigenvalue weighted by Gasteiger charge is 2.32. The van der Waals surface area contributed by atoms with Crippen LogP contribution in [0.15, 0.2) is 66.0 Å². The van der Waals surface area contributed by atoms with Gasteiger partial charge in [0, 0.05) is 17.8 Å². The third-order valence-electron chi connectivity index (χ3n) is 5.19. The molecule has 1 aromatic heterocycles. The number of carbonyl (C=O) groups is 1. The Bertz CT molecular complexity index is 902. The molecule has 0 bridgehead atoms. The lowest BCUT2D eigenvalue weighted by molar-refractivity contribution is -0.133. The Morgan fingerprint density at radius 3 is 2.63 bits per heavy atom. The molecule has 0 N–H and O–H groups in total. The van der Waals surface area contributed by atoms with Crippen LogP contribution in [0.5, 0.6) is 5.75 Å². The number of rotatable bonds is 5. The lowest BCUT2D eigenvalue weighted by Gasteiger charge is -2.36. The highest BCUT2D eigenvalue weighted by Crippen LogP contribution is 2.38. The summed E-state index contributed by atoms with van der Waals surface area (Å²) in [6.45, 7) is 0.776. The standard InChI is InChI=1S/C23H23NO2S/c1-26-19-10-8-18(9-11-19)23-20-14-16-27-21(20)13-15-24(23)22(25)12-7-17-5-3-2-4-6-17/h2-6,8-11,14,16,23H,7,12-13,15H2,1H3. The molecule has 0 saturated carbocycles. The number of methoxy groups -OCH3 is 1. The molecule has 0 radical (unpaired) electrons. The maximum absolute atomic E-state index is 13.1. The summed E-state index contributed by atoms with van der Waals surface area (Å²) in [4.78, 5) is 16.6. The second-order valence-corrected chi connectivity index (χ2v) is 7.80. The molecule has 2 aromatic carbocycles. The van der Waals surface area contributed by atoms with Crippen molar-refractivity contribution in [3.8, 4) is 5.75 Å². The number of hydrogen-bond donors (Lipinski definition) is 0. The lowest BCUT2D eigenvalue weighted by Crippen LogP contribution is -2.40. The summed E-state index contributed by atoms with van der Waals surface area (Å²) < 4.78 is 5.29. The van der Waals surface area contributed by atoms with E-state index in [-0.39, 0.29) is 11.9 Å². The van der Waals surface area contributed by atoms with Crippen molar-refractivity contribution < 1.29 is 9.53 Å². The third kappa shape index (κ3) is 3.76. The van der Waals surface area contributed by atoms with Crippen LogP contribution in [0.3, 0.4) is 0 Å². The van der Waals surface area contributed by atoms with E-state index in [1.807, 2.05) is 30.3 Å². The van der Waals surface area contributed by atoms with Crippen molar-refractivity contribution in [1.29, 1.82) is 0 Å². The van der Waals surface area contributed by atoms with E-state index in [9.17, 15) is 4.79 Å². The molecular weight excluding hydrogens is 354 g/mol. The van der Waals surface area contributed by atoms with E-state index in [1.165, 1.54) is 16.0 Å². The number of fused-ring (bicyclic) bond motifs is 1. The van der Waals surface area contributed by atoms with Gasteiger partial charge in [-0.05, 0) is 53.1 Å². The molecule has 1 unspecified atom stereocenters. The predicted octanol–water partition coefficient (Wildman–Crippen LogP) is 4.86. The zero-order chi connectivity index (χ0) is 18.6. The molecule has 4 rings (SSSR count). The molecule has 0 aliphatic carbocycles. The fraction of sp³-hybridized carbons (Fsp3) is 0.261. The lowest BCUT2D eigenvalue weighted by atomic mass is 9.92. The minimum Gasteiger partial charge on any atom is -0.497 e. The first-order chi connectivity index (χ1) is 13.3. The van der Waals surface area contributed by atoms with Crippen molar-refractivity contribution in [3.63, 3.8) is 0 Å². The average molecular weight is 378 g/mol. The highest BCUT2D eigenvalue weighted by molar-refractivity contribution is 7.10. The minimum atomic E-state index is -0.00539. The van der Waals surface area contributed by atoms with Gasteiger partial charge in [-0.3, -0.25) is 4.79 Å². The number of nitrogens with zero attached hydrogens (tertiary/aromatic N) is 1. The van der Waals surface area contributed by atoms with Gasteiger partial charge in [-0.2, -0.15) is 0 Å². The Hall–Kier alpha value is -2.59. The van der Waals surface area contributed by atoms with Crippen molar-refractivity contribution in [2.24, 2.45) is 0 Å². The number of ether oxygens (including phenoxy) is 1. The van der Waals surface area contributed by atoms with Crippen LogP contribution >= 0.6 is 11.3 Å². The zero-order valence-electron chi connectivity index (χ0n) is 15.4. The Kier molecular flexibility index (Phi) is 5.26. The molecule has 0 spiro atoms. The van der Waals surface area contributed by atoms with Gasteiger partial charge < -0.3 is 9.64 Å². The van der Waals surface area contributed by atoms with E-state index in [0.29, 0.717) is 6.42 Å². The Labute approximate surface area is 164 Å². The van der Waals surface area contributed by atoms with E-state index in [4.69, 9.17) is 4.74 Å². The molecule has 1 amide bonds. The summed E-state index contributed by atoms with van der Waals surface area (Å²) in [7, 11) is 1.67. The Morgan fingerprint density at radius 2 is 1.89 bits per heavy atom. The van der Waals surface area contributed by atoms with Crippen molar-refractivity contribution in [2.45, 2.75) is 25.3 Å². The molecule has 138 valence electrons. The van der Waals surface area contributed by atoms with Gasteiger partial charge in [0.1, 0.15) is 5.75 Å². The molecule has 3 aromatic rings. The van der Waals surface area contributed by atoms with Gasteiger partial charge in [-0.25, -0.2) is 0 Å². The molecule has 1 atom stereocenters. The van der Waals surface area contributed by atoms with Crippen molar-refractivity contribution in [3.05, 3.63) is 87.6 Å². The number of carbonyl (C=O) groups excluding carboxylic acids is 1. The molecule has 2 heterocycles. The van der Waals surface area contributed by atoms with Gasteiger partial charge in [0.15, 0.2) is 0 Å². The number of aryl methyl sites for hydroxylation is 1. The Morgan fingerprint density at radius 1 is 1.11 bits per heavy atom. The fourth-order valence-electron chi connectivity index (χ4n) is 3.77. The monoisotopic (exact) mass is 377 g/mol. The number of thiophene rings is 1. The summed E-state index contributed by atoms with van der Waals surface area (Å²) in [5, 5.41) is 2.14. The molecule has 0 saturated heterocycles. The molecule has 1 aliphatic heterocycles. The van der Waals surface area contributed by atoms with Crippen LogP contribution in [0, 0.1) is 0 Å². The first kappa shape index (κ1) is 17.8. The summed E-state index contributed by atoms with van der Waals surface area (Å²) in [5.74, 6) is 1.05. The molecular formula is C23H23NO2S. The minimum absolute atomic E-state index is 0.00539. The quantitative estimate of drug-likeness (QED) is 0.635. The maximum Gasteiger partial charge on any atom is 0.223 e. The van der Waals surface area contributed by atoms with E-state index in [1.54, 1.807) is 18.4 Å². The van der Waals surface area contributed by atoms with Gasteiger partial charge in [-0.15, -0.1) is 11.3 Å². The van der Waals surface area contributed by atoms with Crippen molar-refractivity contribution in [2.75, 3.05) is 13.7 Å². The van der Waals surface area contributed by atoms with Crippen LogP contribution in [0.2, 0.25) is 0 Å². The number of benzene rings is 2. The first-order valence-electron chi connectivity index (χ1n) is 9.30. The van der Waals surface area contributed by atoms with Gasteiger partial charge in [-0.1, -0.05) is 42.5 Å². The Balaban J connectivity index is 1.59. The summed E-state index contributed by atoms with van der Waals surface area (Å²) >= 11 is 1.79. The van der Waals surface area contributed by atoms with Crippen molar-refractivity contribution in [1.82, 2.24) is 4.90 Å². The zero-order valence-corrected chi connectivity index (χ0v) is 16.2. The molecule has 3 nitrogen and oxygen atoms in total. The van der Waals surface area contributed by atoms with Gasteiger partial charge in [0.25, 0.3) is 0 Å². The topological polar surface area (TPSA) is 29.5 Å². The van der Waals surface area contributed by atoms with Crippen LogP contribution in [-0.4, -0.2) is 24.5 Å². The summed E-state index contributed by atoms with van der Waals surface area (Å²) in [5.41, 5.74) is 3.62.